The third-order valence-electron chi connectivity index (χ3n) is 4.16. The van der Waals surface area contributed by atoms with Crippen molar-refractivity contribution in [3.63, 3.8) is 0 Å². The normalized spacial score (nSPS) is 11.9. The Morgan fingerprint density at radius 2 is 2.00 bits per heavy atom. The lowest BCUT2D eigenvalue weighted by Crippen LogP contribution is -2.24. The summed E-state index contributed by atoms with van der Waals surface area (Å²) in [5.74, 6) is -0.408. The van der Waals surface area contributed by atoms with Crippen LogP contribution in [-0.2, 0) is 20.7 Å². The average Bonchev–Trinajstić information content (AvgIpc) is 2.62. The molecule has 1 aromatic carbocycles. The lowest BCUT2D eigenvalue weighted by atomic mass is 9.98. The molecule has 7 nitrogen and oxygen atoms in total. The number of carbonyl (C=O) groups is 2. The summed E-state index contributed by atoms with van der Waals surface area (Å²) in [7, 11) is 1.27. The maximum absolute atomic E-state index is 12.7. The van der Waals surface area contributed by atoms with Gasteiger partial charge < -0.3 is 15.0 Å². The molecule has 2 aromatic rings. The number of amides is 1. The third-order valence-corrected chi connectivity index (χ3v) is 5.14. The summed E-state index contributed by atoms with van der Waals surface area (Å²) in [6.45, 7) is 7.84. The predicted octanol–water partition coefficient (Wildman–Crippen LogP) is 3.04. The summed E-state index contributed by atoms with van der Waals surface area (Å²) in [4.78, 5) is 42.8. The van der Waals surface area contributed by atoms with Gasteiger partial charge >= 0.3 is 5.97 Å². The van der Waals surface area contributed by atoms with Crippen LogP contribution in [0, 0.1) is 6.92 Å². The van der Waals surface area contributed by atoms with Gasteiger partial charge in [0.05, 0.1) is 24.5 Å². The number of H-pyrrole nitrogens is 1. The van der Waals surface area contributed by atoms with E-state index < -0.39 is 11.2 Å². The third kappa shape index (κ3) is 5.69. The van der Waals surface area contributed by atoms with Gasteiger partial charge in [-0.1, -0.05) is 43.8 Å². The molecule has 0 unspecified atom stereocenters. The lowest BCUT2D eigenvalue weighted by Gasteiger charge is -2.18. The molecule has 0 aliphatic rings. The van der Waals surface area contributed by atoms with Crippen molar-refractivity contribution in [2.24, 2.45) is 0 Å². The first-order valence-corrected chi connectivity index (χ1v) is 9.83. The molecule has 8 heteroatoms. The molecule has 0 spiro atoms. The highest BCUT2D eigenvalue weighted by atomic mass is 32.2. The number of methoxy groups -OCH3 is 1. The summed E-state index contributed by atoms with van der Waals surface area (Å²) in [6, 6.07) is 7.17. The van der Waals surface area contributed by atoms with E-state index in [0.29, 0.717) is 5.69 Å². The maximum atomic E-state index is 12.7. The van der Waals surface area contributed by atoms with E-state index in [1.165, 1.54) is 13.2 Å². The minimum absolute atomic E-state index is 0.102. The molecule has 0 fully saturated rings. The molecular formula is C20H25N3O4S. The van der Waals surface area contributed by atoms with Gasteiger partial charge in [0.25, 0.3) is 5.56 Å². The van der Waals surface area contributed by atoms with Gasteiger partial charge in [-0.3, -0.25) is 14.4 Å². The van der Waals surface area contributed by atoms with Crippen LogP contribution in [0.2, 0.25) is 0 Å². The number of hydrogen-bond acceptors (Lipinski definition) is 6. The largest absolute Gasteiger partial charge is 0.469 e. The van der Waals surface area contributed by atoms with E-state index in [-0.39, 0.29) is 29.0 Å². The standard InChI is InChI=1S/C20H25N3O4S/c1-11(2)15-8-6-7-12(3)18(15)23-19(26)13(4)28-20-21-14(9-16(24)22-20)10-17(25)27-5/h6-9,11,13H,10H2,1-5H3,(H,23,26)(H,21,22,24)/t13-/m0/s1. The van der Waals surface area contributed by atoms with Gasteiger partial charge in [0.15, 0.2) is 5.16 Å². The van der Waals surface area contributed by atoms with E-state index >= 15 is 0 Å². The maximum Gasteiger partial charge on any atom is 0.311 e. The fraction of sp³-hybridized carbons (Fsp3) is 0.400. The van der Waals surface area contributed by atoms with E-state index in [2.05, 4.69) is 33.9 Å². The highest BCUT2D eigenvalue weighted by Gasteiger charge is 2.19. The van der Waals surface area contributed by atoms with Gasteiger partial charge in [-0.05, 0) is 30.9 Å². The van der Waals surface area contributed by atoms with Crippen LogP contribution in [0.5, 0.6) is 0 Å². The van der Waals surface area contributed by atoms with Crippen LogP contribution in [0.25, 0.3) is 0 Å². The predicted molar refractivity (Wildman–Crippen MR) is 110 cm³/mol. The molecular weight excluding hydrogens is 378 g/mol. The van der Waals surface area contributed by atoms with Crippen LogP contribution in [0.15, 0.2) is 34.2 Å². The van der Waals surface area contributed by atoms with Crippen LogP contribution in [0.4, 0.5) is 5.69 Å². The molecule has 0 radical (unpaired) electrons. The smallest absolute Gasteiger partial charge is 0.311 e. The summed E-state index contributed by atoms with van der Waals surface area (Å²) < 4.78 is 4.60. The van der Waals surface area contributed by atoms with Crippen LogP contribution in [0.1, 0.15) is 43.5 Å². The zero-order chi connectivity index (χ0) is 20.8. The SMILES string of the molecule is COC(=O)Cc1cc(=O)[nH]c(S[C@@H](C)C(=O)Nc2c(C)cccc2C(C)C)n1. The van der Waals surface area contributed by atoms with E-state index in [9.17, 15) is 14.4 Å². The highest BCUT2D eigenvalue weighted by molar-refractivity contribution is 8.00. The van der Waals surface area contributed by atoms with Crippen LogP contribution < -0.4 is 10.9 Å². The van der Waals surface area contributed by atoms with Crippen molar-refractivity contribution in [1.29, 1.82) is 0 Å². The molecule has 1 aromatic heterocycles. The van der Waals surface area contributed by atoms with Crippen LogP contribution in [-0.4, -0.2) is 34.2 Å². The first kappa shape index (κ1) is 21.7. The van der Waals surface area contributed by atoms with Gasteiger partial charge in [0.1, 0.15) is 0 Å². The highest BCUT2D eigenvalue weighted by Crippen LogP contribution is 2.28. The molecule has 150 valence electrons. The van der Waals surface area contributed by atoms with Crippen molar-refractivity contribution < 1.29 is 14.3 Å². The Bertz CT molecular complexity index is 924. The molecule has 0 aliphatic heterocycles. The number of carbonyl (C=O) groups excluding carboxylic acids is 2. The number of aromatic nitrogens is 2. The zero-order valence-electron chi connectivity index (χ0n) is 16.7. The Labute approximate surface area is 168 Å². The van der Waals surface area contributed by atoms with E-state index in [1.807, 2.05) is 25.1 Å². The number of nitrogens with zero attached hydrogens (tertiary/aromatic N) is 1. The average molecular weight is 404 g/mol. The Kier molecular flexibility index (Phi) is 7.39. The van der Waals surface area contributed by atoms with E-state index in [4.69, 9.17) is 0 Å². The molecule has 2 rings (SSSR count). The summed E-state index contributed by atoms with van der Waals surface area (Å²) >= 11 is 1.12. The number of hydrogen-bond donors (Lipinski definition) is 2. The van der Waals surface area contributed by atoms with Gasteiger partial charge in [0, 0.05) is 11.8 Å². The van der Waals surface area contributed by atoms with Crippen molar-refractivity contribution >= 4 is 29.3 Å². The molecule has 1 atom stereocenters. The molecule has 0 aliphatic carbocycles. The van der Waals surface area contributed by atoms with Gasteiger partial charge in [0.2, 0.25) is 5.91 Å². The van der Waals surface area contributed by atoms with E-state index in [1.54, 1.807) is 6.92 Å². The number of thioether (sulfide) groups is 1. The molecule has 28 heavy (non-hydrogen) atoms. The van der Waals surface area contributed by atoms with Crippen molar-refractivity contribution in [2.45, 2.75) is 50.4 Å². The second kappa shape index (κ2) is 9.54. The number of para-hydroxylation sites is 1. The summed E-state index contributed by atoms with van der Waals surface area (Å²) in [6.07, 6.45) is -0.102. The first-order valence-electron chi connectivity index (χ1n) is 8.95. The number of nitrogens with one attached hydrogen (secondary N) is 2. The number of benzene rings is 1. The van der Waals surface area contributed by atoms with Gasteiger partial charge in [-0.15, -0.1) is 0 Å². The Hall–Kier alpha value is -2.61. The quantitative estimate of drug-likeness (QED) is 0.419. The molecule has 1 amide bonds. The number of ether oxygens (including phenoxy) is 1. The monoisotopic (exact) mass is 403 g/mol. The minimum atomic E-state index is -0.504. The fourth-order valence-corrected chi connectivity index (χ4v) is 3.47. The molecule has 0 bridgehead atoms. The number of rotatable bonds is 7. The second-order valence-corrected chi connectivity index (χ2v) is 8.07. The Balaban J connectivity index is 2.15. The summed E-state index contributed by atoms with van der Waals surface area (Å²) in [5, 5.41) is 2.77. The molecule has 2 N–H and O–H groups in total. The second-order valence-electron chi connectivity index (χ2n) is 6.74. The van der Waals surface area contributed by atoms with Gasteiger partial charge in [-0.25, -0.2) is 4.98 Å². The van der Waals surface area contributed by atoms with Crippen LogP contribution in [0.3, 0.4) is 0 Å². The van der Waals surface area contributed by atoms with E-state index in [0.717, 1.165) is 28.6 Å². The lowest BCUT2D eigenvalue weighted by molar-refractivity contribution is -0.139. The number of esters is 1. The number of aryl methyl sites for hydroxylation is 1. The summed E-state index contributed by atoms with van der Waals surface area (Å²) in [5.41, 5.74) is 2.79. The van der Waals surface area contributed by atoms with Gasteiger partial charge in [-0.2, -0.15) is 0 Å². The van der Waals surface area contributed by atoms with Crippen molar-refractivity contribution in [3.8, 4) is 0 Å². The van der Waals surface area contributed by atoms with Crippen LogP contribution >= 0.6 is 11.8 Å². The Morgan fingerprint density at radius 1 is 1.29 bits per heavy atom. The zero-order valence-corrected chi connectivity index (χ0v) is 17.5. The number of anilines is 1. The molecule has 0 saturated carbocycles. The van der Waals surface area contributed by atoms with Crippen molar-refractivity contribution in [1.82, 2.24) is 9.97 Å². The minimum Gasteiger partial charge on any atom is -0.469 e. The Morgan fingerprint density at radius 3 is 2.64 bits per heavy atom. The first-order chi connectivity index (χ1) is 13.2. The fourth-order valence-electron chi connectivity index (χ4n) is 2.64. The molecule has 0 saturated heterocycles. The van der Waals surface area contributed by atoms with Crippen molar-refractivity contribution in [3.05, 3.63) is 51.4 Å². The number of aromatic amines is 1. The van der Waals surface area contributed by atoms with Crippen molar-refractivity contribution in [2.75, 3.05) is 12.4 Å². The topological polar surface area (TPSA) is 101 Å². The molecule has 1 heterocycles.